The van der Waals surface area contributed by atoms with Gasteiger partial charge in [0.15, 0.2) is 0 Å². The number of hydrogen-bond acceptors (Lipinski definition) is 3. The molecule has 4 heteroatoms. The number of likely N-dealkylation sites (tertiary alicyclic amines) is 1. The first kappa shape index (κ1) is 13.8. The van der Waals surface area contributed by atoms with Crippen LogP contribution in [0.1, 0.15) is 39.5 Å². The highest BCUT2D eigenvalue weighted by Crippen LogP contribution is 2.40. The van der Waals surface area contributed by atoms with Crippen molar-refractivity contribution in [3.05, 3.63) is 0 Å². The standard InChI is InChI=1S/C14H26N2O2/c1-3-14(4-2,9-15)12(17)16-7-5-13(10-16)6-8-18-11-13/h3-11,15H2,1-2H3. The predicted octanol–water partition coefficient (Wildman–Crippen LogP) is 1.39. The van der Waals surface area contributed by atoms with E-state index in [2.05, 4.69) is 13.8 Å². The molecular formula is C14H26N2O2. The van der Waals surface area contributed by atoms with Gasteiger partial charge in [0.25, 0.3) is 0 Å². The fourth-order valence-electron chi connectivity index (χ4n) is 3.34. The van der Waals surface area contributed by atoms with E-state index in [1.807, 2.05) is 4.90 Å². The summed E-state index contributed by atoms with van der Waals surface area (Å²) < 4.78 is 5.51. The molecule has 0 aromatic rings. The first-order valence-corrected chi connectivity index (χ1v) is 7.18. The summed E-state index contributed by atoms with van der Waals surface area (Å²) in [6, 6.07) is 0. The maximum Gasteiger partial charge on any atom is 0.230 e. The first-order valence-electron chi connectivity index (χ1n) is 7.18. The first-order chi connectivity index (χ1) is 8.61. The molecule has 18 heavy (non-hydrogen) atoms. The molecule has 0 radical (unpaired) electrons. The Bertz CT molecular complexity index is 299. The molecule has 4 nitrogen and oxygen atoms in total. The van der Waals surface area contributed by atoms with Crippen molar-refractivity contribution in [2.24, 2.45) is 16.6 Å². The van der Waals surface area contributed by atoms with Crippen LogP contribution in [0.2, 0.25) is 0 Å². The molecule has 1 amide bonds. The van der Waals surface area contributed by atoms with Crippen LogP contribution < -0.4 is 5.73 Å². The lowest BCUT2D eigenvalue weighted by Crippen LogP contribution is -2.47. The Kier molecular flexibility index (Phi) is 3.97. The van der Waals surface area contributed by atoms with Crippen molar-refractivity contribution in [2.75, 3.05) is 32.8 Å². The van der Waals surface area contributed by atoms with E-state index in [1.54, 1.807) is 0 Å². The van der Waals surface area contributed by atoms with Crippen molar-refractivity contribution >= 4 is 5.91 Å². The van der Waals surface area contributed by atoms with E-state index >= 15 is 0 Å². The molecule has 2 aliphatic rings. The molecule has 0 bridgehead atoms. The monoisotopic (exact) mass is 254 g/mol. The Hall–Kier alpha value is -0.610. The Morgan fingerprint density at radius 1 is 1.39 bits per heavy atom. The number of hydrogen-bond donors (Lipinski definition) is 1. The van der Waals surface area contributed by atoms with Crippen LogP contribution in [0.5, 0.6) is 0 Å². The van der Waals surface area contributed by atoms with Gasteiger partial charge in [-0.15, -0.1) is 0 Å². The third-order valence-electron chi connectivity index (χ3n) is 5.11. The van der Waals surface area contributed by atoms with Gasteiger partial charge in [0.2, 0.25) is 5.91 Å². The average Bonchev–Trinajstić information content (AvgIpc) is 3.03. The highest BCUT2D eigenvalue weighted by Gasteiger charge is 2.46. The summed E-state index contributed by atoms with van der Waals surface area (Å²) in [5.74, 6) is 0.263. The number of carbonyl (C=O) groups excluding carboxylic acids is 1. The molecule has 1 unspecified atom stereocenters. The molecule has 2 heterocycles. The SMILES string of the molecule is CCC(CC)(CN)C(=O)N1CCC2(CCOC2)C1. The van der Waals surface area contributed by atoms with Crippen LogP contribution in [0.15, 0.2) is 0 Å². The van der Waals surface area contributed by atoms with Gasteiger partial charge in [0.1, 0.15) is 0 Å². The maximum absolute atomic E-state index is 12.7. The van der Waals surface area contributed by atoms with Gasteiger partial charge in [-0.05, 0) is 25.7 Å². The number of ether oxygens (including phenoxy) is 1. The van der Waals surface area contributed by atoms with E-state index in [1.165, 1.54) is 0 Å². The normalized spacial score (nSPS) is 28.3. The second-order valence-electron chi connectivity index (χ2n) is 5.97. The van der Waals surface area contributed by atoms with Crippen molar-refractivity contribution < 1.29 is 9.53 Å². The minimum atomic E-state index is -0.342. The van der Waals surface area contributed by atoms with Gasteiger partial charge in [-0.25, -0.2) is 0 Å². The number of amides is 1. The number of nitrogens with zero attached hydrogens (tertiary/aromatic N) is 1. The van der Waals surface area contributed by atoms with Crippen LogP contribution in [0.4, 0.5) is 0 Å². The van der Waals surface area contributed by atoms with E-state index in [0.29, 0.717) is 6.54 Å². The lowest BCUT2D eigenvalue weighted by Gasteiger charge is -2.34. The predicted molar refractivity (Wildman–Crippen MR) is 71.1 cm³/mol. The average molecular weight is 254 g/mol. The highest BCUT2D eigenvalue weighted by atomic mass is 16.5. The minimum absolute atomic E-state index is 0.248. The van der Waals surface area contributed by atoms with Crippen LogP contribution >= 0.6 is 0 Å². The van der Waals surface area contributed by atoms with Crippen molar-refractivity contribution in [1.29, 1.82) is 0 Å². The van der Waals surface area contributed by atoms with Crippen molar-refractivity contribution in [3.63, 3.8) is 0 Å². The molecule has 0 saturated carbocycles. The fourth-order valence-corrected chi connectivity index (χ4v) is 3.34. The zero-order chi connectivity index (χ0) is 13.2. The molecule has 2 aliphatic heterocycles. The van der Waals surface area contributed by atoms with E-state index in [0.717, 1.165) is 52.0 Å². The molecule has 2 saturated heterocycles. The zero-order valence-electron chi connectivity index (χ0n) is 11.7. The molecule has 0 aliphatic carbocycles. The van der Waals surface area contributed by atoms with Gasteiger partial charge < -0.3 is 15.4 Å². The van der Waals surface area contributed by atoms with E-state index in [9.17, 15) is 4.79 Å². The van der Waals surface area contributed by atoms with Crippen LogP contribution in [-0.4, -0.2) is 43.7 Å². The second-order valence-corrected chi connectivity index (χ2v) is 5.97. The van der Waals surface area contributed by atoms with Gasteiger partial charge in [0, 0.05) is 31.7 Å². The van der Waals surface area contributed by atoms with Gasteiger partial charge in [-0.2, -0.15) is 0 Å². The Labute approximate surface area is 110 Å². The summed E-state index contributed by atoms with van der Waals surface area (Å²) >= 11 is 0. The molecule has 0 aromatic heterocycles. The summed E-state index contributed by atoms with van der Waals surface area (Å²) in [5.41, 5.74) is 5.78. The number of nitrogens with two attached hydrogens (primary N) is 1. The van der Waals surface area contributed by atoms with Gasteiger partial charge in [-0.3, -0.25) is 4.79 Å². The lowest BCUT2D eigenvalue weighted by molar-refractivity contribution is -0.141. The van der Waals surface area contributed by atoms with Crippen molar-refractivity contribution in [1.82, 2.24) is 4.90 Å². The largest absolute Gasteiger partial charge is 0.381 e. The number of carbonyl (C=O) groups is 1. The summed E-state index contributed by atoms with van der Waals surface area (Å²) in [6.45, 7) is 8.02. The third-order valence-corrected chi connectivity index (χ3v) is 5.11. The quantitative estimate of drug-likeness (QED) is 0.825. The van der Waals surface area contributed by atoms with Crippen LogP contribution in [0.3, 0.4) is 0 Å². The van der Waals surface area contributed by atoms with Gasteiger partial charge >= 0.3 is 0 Å². The van der Waals surface area contributed by atoms with Crippen LogP contribution in [0.25, 0.3) is 0 Å². The van der Waals surface area contributed by atoms with Crippen molar-refractivity contribution in [3.8, 4) is 0 Å². The zero-order valence-corrected chi connectivity index (χ0v) is 11.7. The van der Waals surface area contributed by atoms with Gasteiger partial charge in [-0.1, -0.05) is 13.8 Å². The maximum atomic E-state index is 12.7. The third kappa shape index (κ3) is 2.16. The molecular weight excluding hydrogens is 228 g/mol. The highest BCUT2D eigenvalue weighted by molar-refractivity contribution is 5.83. The Morgan fingerprint density at radius 2 is 2.11 bits per heavy atom. The molecule has 2 fully saturated rings. The van der Waals surface area contributed by atoms with Crippen LogP contribution in [-0.2, 0) is 9.53 Å². The van der Waals surface area contributed by atoms with E-state index in [4.69, 9.17) is 10.5 Å². The minimum Gasteiger partial charge on any atom is -0.381 e. The topological polar surface area (TPSA) is 55.6 Å². The Balaban J connectivity index is 2.06. The number of rotatable bonds is 4. The fraction of sp³-hybridized carbons (Fsp3) is 0.929. The van der Waals surface area contributed by atoms with Crippen LogP contribution in [0, 0.1) is 10.8 Å². The molecule has 2 N–H and O–H groups in total. The molecule has 0 aromatic carbocycles. The molecule has 1 spiro atoms. The van der Waals surface area contributed by atoms with Gasteiger partial charge in [0.05, 0.1) is 12.0 Å². The Morgan fingerprint density at radius 3 is 2.61 bits per heavy atom. The summed E-state index contributed by atoms with van der Waals surface area (Å²) in [6.07, 6.45) is 3.86. The summed E-state index contributed by atoms with van der Waals surface area (Å²) in [7, 11) is 0. The smallest absolute Gasteiger partial charge is 0.230 e. The lowest BCUT2D eigenvalue weighted by atomic mass is 9.80. The summed E-state index contributed by atoms with van der Waals surface area (Å²) in [5, 5.41) is 0. The van der Waals surface area contributed by atoms with Crippen molar-refractivity contribution in [2.45, 2.75) is 39.5 Å². The molecule has 2 rings (SSSR count). The second kappa shape index (κ2) is 5.17. The van der Waals surface area contributed by atoms with E-state index < -0.39 is 0 Å². The molecule has 104 valence electrons. The molecule has 1 atom stereocenters. The summed E-state index contributed by atoms with van der Waals surface area (Å²) in [4.78, 5) is 14.7. The van der Waals surface area contributed by atoms with E-state index in [-0.39, 0.29) is 16.7 Å².